The normalized spacial score (nSPS) is 12.1. The van der Waals surface area contributed by atoms with Gasteiger partial charge in [-0.15, -0.1) is 0 Å². The fourth-order valence-electron chi connectivity index (χ4n) is 0.843. The predicted molar refractivity (Wildman–Crippen MR) is 50.4 cm³/mol. The highest BCUT2D eigenvalue weighted by Crippen LogP contribution is 2.18. The lowest BCUT2D eigenvalue weighted by molar-refractivity contribution is 0.329. The molecule has 68 valence electrons. The summed E-state index contributed by atoms with van der Waals surface area (Å²) in [6.45, 7) is 6.47. The number of nitrogens with two attached hydrogens (primary N) is 1. The first-order valence-corrected chi connectivity index (χ1v) is 4.27. The smallest absolute Gasteiger partial charge is 0.0815 e. The molecule has 1 rings (SSSR count). The summed E-state index contributed by atoms with van der Waals surface area (Å²) in [6.07, 6.45) is 1.81. The monoisotopic (exact) mass is 187 g/mol. The van der Waals surface area contributed by atoms with Gasteiger partial charge in [-0.25, -0.2) is 0 Å². The minimum Gasteiger partial charge on any atom is -0.328 e. The van der Waals surface area contributed by atoms with Crippen molar-refractivity contribution in [1.29, 1.82) is 0 Å². The third kappa shape index (κ3) is 1.62. The van der Waals surface area contributed by atoms with Gasteiger partial charge in [0, 0.05) is 12.7 Å². The molecule has 0 saturated heterocycles. The second-order valence-corrected chi connectivity index (χ2v) is 3.93. The molecule has 0 unspecified atom stereocenters. The third-order valence-electron chi connectivity index (χ3n) is 1.96. The summed E-state index contributed by atoms with van der Waals surface area (Å²) in [4.78, 5) is 0. The van der Waals surface area contributed by atoms with Gasteiger partial charge in [-0.2, -0.15) is 5.10 Å². The summed E-state index contributed by atoms with van der Waals surface area (Å²) in [7, 11) is 0. The minimum atomic E-state index is -0.155. The molecule has 12 heavy (non-hydrogen) atoms. The van der Waals surface area contributed by atoms with Gasteiger partial charge in [0.1, 0.15) is 0 Å². The van der Waals surface area contributed by atoms with E-state index >= 15 is 0 Å². The highest BCUT2D eigenvalue weighted by atomic mass is 35.5. The Labute approximate surface area is 77.5 Å². The molecule has 0 aromatic carbocycles. The Morgan fingerprint density at radius 3 is 2.58 bits per heavy atom. The molecule has 0 saturated carbocycles. The van der Waals surface area contributed by atoms with E-state index in [2.05, 4.69) is 5.10 Å². The van der Waals surface area contributed by atoms with E-state index in [-0.39, 0.29) is 5.54 Å². The first-order chi connectivity index (χ1) is 5.47. The van der Waals surface area contributed by atoms with Crippen LogP contribution in [0.15, 0.2) is 6.20 Å². The van der Waals surface area contributed by atoms with Gasteiger partial charge in [0.15, 0.2) is 0 Å². The van der Waals surface area contributed by atoms with Crippen LogP contribution in [0.25, 0.3) is 0 Å². The Hall–Kier alpha value is -0.540. The molecular weight excluding hydrogens is 174 g/mol. The lowest BCUT2D eigenvalue weighted by atomic mass is 10.1. The number of hydrogen-bond donors (Lipinski definition) is 1. The average molecular weight is 188 g/mol. The Morgan fingerprint density at radius 1 is 1.67 bits per heavy atom. The van der Waals surface area contributed by atoms with Crippen molar-refractivity contribution in [3.8, 4) is 0 Å². The number of hydrogen-bond acceptors (Lipinski definition) is 2. The first-order valence-electron chi connectivity index (χ1n) is 3.89. The lowest BCUT2D eigenvalue weighted by Gasteiger charge is -2.22. The summed E-state index contributed by atoms with van der Waals surface area (Å²) in [6, 6.07) is 0. The fraction of sp³-hybridized carbons (Fsp3) is 0.625. The molecule has 0 aliphatic rings. The van der Waals surface area contributed by atoms with Crippen LogP contribution in [0, 0.1) is 6.92 Å². The second-order valence-electron chi connectivity index (χ2n) is 3.52. The topological polar surface area (TPSA) is 43.8 Å². The van der Waals surface area contributed by atoms with E-state index < -0.39 is 0 Å². The maximum absolute atomic E-state index is 5.87. The average Bonchev–Trinajstić information content (AvgIpc) is 2.33. The Morgan fingerprint density at radius 2 is 2.25 bits per heavy atom. The molecule has 0 radical (unpaired) electrons. The van der Waals surface area contributed by atoms with Crippen LogP contribution in [0.2, 0.25) is 5.02 Å². The van der Waals surface area contributed by atoms with Gasteiger partial charge in [0.25, 0.3) is 0 Å². The van der Waals surface area contributed by atoms with E-state index in [9.17, 15) is 0 Å². The van der Waals surface area contributed by atoms with Crippen molar-refractivity contribution in [2.45, 2.75) is 26.3 Å². The number of aryl methyl sites for hydroxylation is 1. The number of halogens is 1. The van der Waals surface area contributed by atoms with Crippen LogP contribution in [0.5, 0.6) is 0 Å². The summed E-state index contributed by atoms with van der Waals surface area (Å²) in [5.41, 5.74) is 6.28. The van der Waals surface area contributed by atoms with Gasteiger partial charge in [-0.05, 0) is 20.8 Å². The quantitative estimate of drug-likeness (QED) is 0.764. The maximum Gasteiger partial charge on any atom is 0.0815 e. The van der Waals surface area contributed by atoms with Crippen molar-refractivity contribution in [3.63, 3.8) is 0 Å². The van der Waals surface area contributed by atoms with Crippen LogP contribution >= 0.6 is 11.6 Å². The lowest BCUT2D eigenvalue weighted by Crippen LogP contribution is -2.35. The number of nitrogens with zero attached hydrogens (tertiary/aromatic N) is 2. The number of rotatable bonds is 2. The third-order valence-corrected chi connectivity index (χ3v) is 2.33. The summed E-state index contributed by atoms with van der Waals surface area (Å²) in [5, 5.41) is 4.95. The molecule has 1 aromatic rings. The zero-order chi connectivity index (χ0) is 9.35. The Balaban J connectivity index is 3.04. The van der Waals surface area contributed by atoms with Crippen LogP contribution in [-0.2, 0) is 5.54 Å². The van der Waals surface area contributed by atoms with E-state index in [1.807, 2.05) is 31.6 Å². The molecule has 0 atom stereocenters. The van der Waals surface area contributed by atoms with E-state index in [1.165, 1.54) is 0 Å². The standard InChI is InChI=1S/C8H14ClN3/c1-6-7(9)4-12(11-6)8(2,3)5-10/h4H,5,10H2,1-3H3. The van der Waals surface area contributed by atoms with E-state index in [0.29, 0.717) is 11.6 Å². The van der Waals surface area contributed by atoms with Crippen LogP contribution < -0.4 is 5.73 Å². The van der Waals surface area contributed by atoms with Gasteiger partial charge in [-0.3, -0.25) is 4.68 Å². The van der Waals surface area contributed by atoms with Crippen molar-refractivity contribution in [2.75, 3.05) is 6.54 Å². The molecule has 0 aliphatic heterocycles. The summed E-state index contributed by atoms with van der Waals surface area (Å²) >= 11 is 5.87. The zero-order valence-electron chi connectivity index (χ0n) is 7.63. The highest BCUT2D eigenvalue weighted by Gasteiger charge is 2.19. The second kappa shape index (κ2) is 3.07. The van der Waals surface area contributed by atoms with E-state index in [0.717, 1.165) is 5.69 Å². The molecule has 1 heterocycles. The van der Waals surface area contributed by atoms with Crippen LogP contribution in [0.3, 0.4) is 0 Å². The zero-order valence-corrected chi connectivity index (χ0v) is 8.39. The highest BCUT2D eigenvalue weighted by molar-refractivity contribution is 6.31. The molecule has 0 aliphatic carbocycles. The van der Waals surface area contributed by atoms with Crippen molar-refractivity contribution in [3.05, 3.63) is 16.9 Å². The van der Waals surface area contributed by atoms with E-state index in [4.69, 9.17) is 17.3 Å². The fourth-order valence-corrected chi connectivity index (χ4v) is 0.973. The molecule has 0 fully saturated rings. The molecule has 1 aromatic heterocycles. The molecule has 3 nitrogen and oxygen atoms in total. The first kappa shape index (κ1) is 9.55. The molecule has 4 heteroatoms. The van der Waals surface area contributed by atoms with Crippen LogP contribution in [0.1, 0.15) is 19.5 Å². The van der Waals surface area contributed by atoms with Crippen LogP contribution in [-0.4, -0.2) is 16.3 Å². The molecular formula is C8H14ClN3. The van der Waals surface area contributed by atoms with Gasteiger partial charge in [0.05, 0.1) is 16.3 Å². The van der Waals surface area contributed by atoms with Crippen molar-refractivity contribution in [1.82, 2.24) is 9.78 Å². The van der Waals surface area contributed by atoms with Crippen molar-refractivity contribution < 1.29 is 0 Å². The molecule has 0 spiro atoms. The largest absolute Gasteiger partial charge is 0.328 e. The maximum atomic E-state index is 5.87. The van der Waals surface area contributed by atoms with Crippen LogP contribution in [0.4, 0.5) is 0 Å². The number of aromatic nitrogens is 2. The van der Waals surface area contributed by atoms with E-state index in [1.54, 1.807) is 0 Å². The van der Waals surface area contributed by atoms with Gasteiger partial charge < -0.3 is 5.73 Å². The molecule has 0 amide bonds. The predicted octanol–water partition coefficient (Wildman–Crippen LogP) is 1.54. The SMILES string of the molecule is Cc1nn(C(C)(C)CN)cc1Cl. The van der Waals surface area contributed by atoms with Crippen molar-refractivity contribution >= 4 is 11.6 Å². The Bertz CT molecular complexity index is 258. The summed E-state index contributed by atoms with van der Waals surface area (Å²) < 4.78 is 1.81. The Kier molecular flexibility index (Phi) is 2.44. The van der Waals surface area contributed by atoms with Gasteiger partial charge >= 0.3 is 0 Å². The molecule has 2 N–H and O–H groups in total. The van der Waals surface area contributed by atoms with Gasteiger partial charge in [-0.1, -0.05) is 11.6 Å². The minimum absolute atomic E-state index is 0.155. The van der Waals surface area contributed by atoms with Crippen molar-refractivity contribution in [2.24, 2.45) is 5.73 Å². The molecule has 0 bridgehead atoms. The van der Waals surface area contributed by atoms with Gasteiger partial charge in [0.2, 0.25) is 0 Å². The summed E-state index contributed by atoms with van der Waals surface area (Å²) in [5.74, 6) is 0.